The van der Waals surface area contributed by atoms with Crippen molar-refractivity contribution >= 4 is 21.8 Å². The number of H-pyrrole nitrogens is 2. The molecular weight excluding hydrogens is 676 g/mol. The Hall–Kier alpha value is -5.72. The molecule has 0 aliphatic carbocycles. The number of hydrogen-bond donors (Lipinski definition) is 4. The number of methoxy groups -OCH3 is 2. The Morgan fingerprint density at radius 1 is 0.717 bits per heavy atom. The number of nitrogens with one attached hydrogen (secondary N) is 2. The standard InChI is InChI=1S/C19H20N2O4.C16H13NO4.C4H11N.2CH4/c1-25-16-9-8-15-17(14(16)12-13-6-3-2-4-7-13)18(23)21(10-5-11-22)19(24)20-15;1-20-13-8-7-12-14(15(18)21-16(19)17-12)11(13)9-10-5-3-2-4-6-10;1-2-3-4-5;;/h2-4,6-9,22H,5,10-12H2,1H3,(H,20,24);2-8H,9H2,1H3,(H,17,19);2-5H2,1H3;2*1H4. The van der Waals surface area contributed by atoms with Crippen molar-refractivity contribution in [3.05, 3.63) is 149 Å². The molecule has 0 radical (unpaired) electrons. The molecule has 2 aromatic heterocycles. The lowest BCUT2D eigenvalue weighted by atomic mass is 10.00. The maximum absolute atomic E-state index is 12.9. The number of nitrogens with zero attached hydrogens (tertiary/aromatic N) is 1. The smallest absolute Gasteiger partial charge is 0.419 e. The SMILES string of the molecule is C.C.CCCCN.COc1ccc2[nH]c(=O)n(CCCO)c(=O)c2c1Cc1ccccc1.COc1ccc2[nH]c(=O)oc(=O)c2c1Cc1ccccc1. The summed E-state index contributed by atoms with van der Waals surface area (Å²) < 4.78 is 16.6. The Kier molecular flexibility index (Phi) is 17.7. The van der Waals surface area contributed by atoms with E-state index in [1.165, 1.54) is 12.8 Å². The van der Waals surface area contributed by atoms with Crippen LogP contribution in [0.2, 0.25) is 0 Å². The minimum atomic E-state index is -0.761. The van der Waals surface area contributed by atoms with Crippen LogP contribution in [-0.4, -0.2) is 47.0 Å². The molecule has 12 nitrogen and oxygen atoms in total. The van der Waals surface area contributed by atoms with Gasteiger partial charge >= 0.3 is 17.1 Å². The number of nitrogens with two attached hydrogens (primary N) is 1. The highest BCUT2D eigenvalue weighted by atomic mass is 16.5. The second-order valence-corrected chi connectivity index (χ2v) is 11.6. The predicted molar refractivity (Wildman–Crippen MR) is 213 cm³/mol. The van der Waals surface area contributed by atoms with Gasteiger partial charge in [-0.05, 0) is 54.8 Å². The highest BCUT2D eigenvalue weighted by molar-refractivity contribution is 5.84. The lowest BCUT2D eigenvalue weighted by Crippen LogP contribution is -2.35. The van der Waals surface area contributed by atoms with Gasteiger partial charge in [0.05, 0.1) is 36.0 Å². The van der Waals surface area contributed by atoms with Gasteiger partial charge in [-0.1, -0.05) is 88.9 Å². The van der Waals surface area contributed by atoms with Gasteiger partial charge in [-0.25, -0.2) is 14.4 Å². The van der Waals surface area contributed by atoms with Crippen LogP contribution in [0.5, 0.6) is 11.5 Å². The monoisotopic (exact) mass is 728 g/mol. The molecule has 0 aliphatic rings. The largest absolute Gasteiger partial charge is 0.496 e. The van der Waals surface area contributed by atoms with Gasteiger partial charge in [0.2, 0.25) is 0 Å². The van der Waals surface area contributed by atoms with Gasteiger partial charge in [0.15, 0.2) is 0 Å². The molecule has 0 fully saturated rings. The van der Waals surface area contributed by atoms with Crippen molar-refractivity contribution in [3.63, 3.8) is 0 Å². The first-order valence-corrected chi connectivity index (χ1v) is 16.7. The highest BCUT2D eigenvalue weighted by Gasteiger charge is 2.17. The Labute approximate surface area is 308 Å². The molecule has 6 rings (SSSR count). The second kappa shape index (κ2) is 21.6. The highest BCUT2D eigenvalue weighted by Crippen LogP contribution is 2.28. The Balaban J connectivity index is 0.000000318. The van der Waals surface area contributed by atoms with Crippen molar-refractivity contribution in [2.45, 2.75) is 60.4 Å². The second-order valence-electron chi connectivity index (χ2n) is 11.6. The molecule has 0 atom stereocenters. The fourth-order valence-corrected chi connectivity index (χ4v) is 5.59. The lowest BCUT2D eigenvalue weighted by Gasteiger charge is -2.13. The van der Waals surface area contributed by atoms with Gasteiger partial charge in [0.25, 0.3) is 5.56 Å². The molecule has 6 aromatic rings. The van der Waals surface area contributed by atoms with E-state index in [4.69, 9.17) is 20.3 Å². The molecule has 2 heterocycles. The Morgan fingerprint density at radius 2 is 1.23 bits per heavy atom. The lowest BCUT2D eigenvalue weighted by molar-refractivity contribution is 0.278. The number of unbranched alkanes of at least 4 members (excludes halogenated alkanes) is 1. The summed E-state index contributed by atoms with van der Waals surface area (Å²) in [5.41, 5.74) is 8.11. The molecule has 53 heavy (non-hydrogen) atoms. The molecule has 284 valence electrons. The van der Waals surface area contributed by atoms with E-state index in [0.29, 0.717) is 58.1 Å². The minimum absolute atomic E-state index is 0. The number of aromatic amines is 2. The molecule has 0 saturated heterocycles. The summed E-state index contributed by atoms with van der Waals surface area (Å²) in [6, 6.07) is 26.3. The number of aromatic nitrogens is 3. The zero-order valence-corrected chi connectivity index (χ0v) is 29.1. The van der Waals surface area contributed by atoms with Crippen LogP contribution in [0.4, 0.5) is 0 Å². The average Bonchev–Trinajstić information content (AvgIpc) is 3.13. The number of ether oxygens (including phenoxy) is 2. The van der Waals surface area contributed by atoms with Crippen molar-refractivity contribution < 1.29 is 19.0 Å². The average molecular weight is 729 g/mol. The van der Waals surface area contributed by atoms with Crippen molar-refractivity contribution in [3.8, 4) is 11.5 Å². The van der Waals surface area contributed by atoms with E-state index < -0.39 is 17.1 Å². The summed E-state index contributed by atoms with van der Waals surface area (Å²) in [6.45, 7) is 3.06. The summed E-state index contributed by atoms with van der Waals surface area (Å²) in [4.78, 5) is 53.7. The summed E-state index contributed by atoms with van der Waals surface area (Å²) in [5, 5.41) is 9.80. The number of fused-ring (bicyclic) bond motifs is 2. The van der Waals surface area contributed by atoms with Gasteiger partial charge in [-0.15, -0.1) is 0 Å². The van der Waals surface area contributed by atoms with Crippen LogP contribution in [0.1, 0.15) is 63.3 Å². The van der Waals surface area contributed by atoms with E-state index >= 15 is 0 Å². The number of hydrogen-bond acceptors (Lipinski definition) is 9. The third-order valence-electron chi connectivity index (χ3n) is 8.10. The van der Waals surface area contributed by atoms with E-state index in [0.717, 1.165) is 27.8 Å². The number of aliphatic hydroxyl groups excluding tert-OH is 1. The summed E-state index contributed by atoms with van der Waals surface area (Å²) in [7, 11) is 3.11. The summed E-state index contributed by atoms with van der Waals surface area (Å²) >= 11 is 0. The zero-order valence-electron chi connectivity index (χ0n) is 29.1. The fourth-order valence-electron chi connectivity index (χ4n) is 5.59. The maximum atomic E-state index is 12.9. The van der Waals surface area contributed by atoms with E-state index in [1.54, 1.807) is 38.5 Å². The van der Waals surface area contributed by atoms with Crippen molar-refractivity contribution in [2.24, 2.45) is 5.73 Å². The van der Waals surface area contributed by atoms with Crippen molar-refractivity contribution in [2.75, 3.05) is 27.4 Å². The normalized spacial score (nSPS) is 10.2. The molecule has 5 N–H and O–H groups in total. The molecule has 0 amide bonds. The van der Waals surface area contributed by atoms with Gasteiger partial charge < -0.3 is 29.7 Å². The van der Waals surface area contributed by atoms with Crippen LogP contribution < -0.4 is 37.8 Å². The molecule has 0 saturated carbocycles. The molecule has 12 heteroatoms. The topological polar surface area (TPSA) is 183 Å². The molecule has 4 aromatic carbocycles. The quantitative estimate of drug-likeness (QED) is 0.129. The van der Waals surface area contributed by atoms with Crippen LogP contribution in [0.15, 0.2) is 109 Å². The van der Waals surface area contributed by atoms with E-state index in [2.05, 4.69) is 21.3 Å². The molecule has 0 aliphatic heterocycles. The van der Waals surface area contributed by atoms with E-state index in [-0.39, 0.29) is 33.6 Å². The number of aliphatic hydroxyl groups is 1. The first-order valence-electron chi connectivity index (χ1n) is 16.7. The minimum Gasteiger partial charge on any atom is -0.496 e. The first-order chi connectivity index (χ1) is 24.8. The van der Waals surface area contributed by atoms with Crippen LogP contribution in [0.25, 0.3) is 21.8 Å². The van der Waals surface area contributed by atoms with Crippen LogP contribution >= 0.6 is 0 Å². The van der Waals surface area contributed by atoms with Crippen molar-refractivity contribution in [1.29, 1.82) is 0 Å². The van der Waals surface area contributed by atoms with Crippen LogP contribution in [0, 0.1) is 0 Å². The fraction of sp³-hybridized carbons (Fsp3) is 0.317. The molecular formula is C41H52N4O8. The van der Waals surface area contributed by atoms with E-state index in [9.17, 15) is 19.2 Å². The van der Waals surface area contributed by atoms with Crippen LogP contribution in [-0.2, 0) is 19.4 Å². The maximum Gasteiger partial charge on any atom is 0.419 e. The predicted octanol–water partition coefficient (Wildman–Crippen LogP) is 5.77. The summed E-state index contributed by atoms with van der Waals surface area (Å²) in [6.07, 6.45) is 3.75. The third-order valence-corrected chi connectivity index (χ3v) is 8.10. The zero-order chi connectivity index (χ0) is 36.8. The van der Waals surface area contributed by atoms with Gasteiger partial charge in [0, 0.05) is 37.1 Å². The van der Waals surface area contributed by atoms with Gasteiger partial charge in [0.1, 0.15) is 11.5 Å². The third kappa shape index (κ3) is 11.1. The van der Waals surface area contributed by atoms with Crippen molar-refractivity contribution in [1.82, 2.24) is 14.5 Å². The number of benzene rings is 4. The van der Waals surface area contributed by atoms with Gasteiger partial charge in [-0.2, -0.15) is 0 Å². The molecule has 0 spiro atoms. The number of rotatable bonds is 11. The first kappa shape index (κ1) is 43.4. The summed E-state index contributed by atoms with van der Waals surface area (Å²) in [5.74, 6) is 0.434. The van der Waals surface area contributed by atoms with Crippen LogP contribution in [0.3, 0.4) is 0 Å². The molecule has 0 bridgehead atoms. The molecule has 0 unspecified atom stereocenters. The Bertz CT molecular complexity index is 2260. The Morgan fingerprint density at radius 3 is 1.68 bits per heavy atom. The van der Waals surface area contributed by atoms with E-state index in [1.807, 2.05) is 60.7 Å². The van der Waals surface area contributed by atoms with Gasteiger partial charge in [-0.3, -0.25) is 14.3 Å².